The van der Waals surface area contributed by atoms with Crippen LogP contribution in [0.3, 0.4) is 0 Å². The normalized spacial score (nSPS) is 42.6. The maximum absolute atomic E-state index is 13.1. The number of rotatable bonds is 30. The highest BCUT2D eigenvalue weighted by molar-refractivity contribution is 5.77. The van der Waals surface area contributed by atoms with Gasteiger partial charge in [0.1, 0.15) is 159 Å². The number of carbonyl (C=O) groups excluding carboxylic acids is 4. The number of aliphatic hydroxyl groups excluding tert-OH is 21. The first-order chi connectivity index (χ1) is 45.2. The van der Waals surface area contributed by atoms with Crippen LogP contribution in [-0.2, 0) is 80.8 Å². The highest BCUT2D eigenvalue weighted by Gasteiger charge is 2.62. The van der Waals surface area contributed by atoms with E-state index in [9.17, 15) is 136 Å². The van der Waals surface area contributed by atoms with Crippen molar-refractivity contribution < 1.29 is 193 Å². The second kappa shape index (κ2) is 35.6. The Balaban J connectivity index is 1.20. The molecule has 6 aliphatic heterocycles. The van der Waals surface area contributed by atoms with Crippen LogP contribution in [0.25, 0.3) is 0 Å². The molecule has 6 heterocycles. The van der Waals surface area contributed by atoms with E-state index in [4.69, 9.17) is 56.8 Å². The molecule has 0 aromatic heterocycles. The van der Waals surface area contributed by atoms with Crippen molar-refractivity contribution in [3.05, 3.63) is 0 Å². The van der Waals surface area contributed by atoms with Gasteiger partial charge in [0.15, 0.2) is 31.5 Å². The van der Waals surface area contributed by atoms with Crippen molar-refractivity contribution in [3.63, 3.8) is 0 Å². The minimum Gasteiger partial charge on any atom is -0.477 e. The average Bonchev–Trinajstić information content (AvgIpc) is 0.759. The summed E-state index contributed by atoms with van der Waals surface area (Å²) in [7, 11) is 0. The summed E-state index contributed by atoms with van der Waals surface area (Å²) in [6.45, 7) is -4.87. The molecule has 6 saturated heterocycles. The zero-order valence-electron chi connectivity index (χ0n) is 51.8. The number of aliphatic carboxylic acids is 1. The van der Waals surface area contributed by atoms with Crippen molar-refractivity contribution in [1.29, 1.82) is 0 Å². The maximum atomic E-state index is 13.1. The third kappa shape index (κ3) is 18.6. The molecule has 0 spiro atoms. The van der Waals surface area contributed by atoms with Crippen LogP contribution in [0.4, 0.5) is 0 Å². The third-order valence-corrected chi connectivity index (χ3v) is 16.8. The van der Waals surface area contributed by atoms with Crippen molar-refractivity contribution >= 4 is 29.6 Å². The number of nitrogens with one attached hydrogen (secondary N) is 4. The molecule has 26 N–H and O–H groups in total. The zero-order chi connectivity index (χ0) is 71.7. The molecule has 43 heteroatoms. The molecular weight excluding hydrogens is 1320 g/mol. The zero-order valence-corrected chi connectivity index (χ0v) is 51.8. The van der Waals surface area contributed by atoms with Gasteiger partial charge in [-0.3, -0.25) is 19.2 Å². The van der Waals surface area contributed by atoms with Crippen molar-refractivity contribution in [1.82, 2.24) is 21.3 Å². The van der Waals surface area contributed by atoms with Crippen LogP contribution in [0.2, 0.25) is 0 Å². The Morgan fingerprint density at radius 1 is 0.469 bits per heavy atom. The molecule has 0 saturated carbocycles. The van der Waals surface area contributed by atoms with Crippen molar-refractivity contribution in [3.8, 4) is 0 Å². The van der Waals surface area contributed by atoms with E-state index in [-0.39, 0.29) is 0 Å². The van der Waals surface area contributed by atoms with Gasteiger partial charge < -0.3 is 190 Å². The Kier molecular flexibility index (Phi) is 30.0. The van der Waals surface area contributed by atoms with E-state index in [2.05, 4.69) is 21.3 Å². The number of amides is 4. The Morgan fingerprint density at radius 2 is 0.906 bits per heavy atom. The monoisotopic (exact) mass is 1410 g/mol. The van der Waals surface area contributed by atoms with Crippen molar-refractivity contribution in [2.45, 2.75) is 248 Å². The lowest BCUT2D eigenvalue weighted by Crippen LogP contribution is -2.71. The maximum Gasteiger partial charge on any atom is 0.364 e. The predicted molar refractivity (Wildman–Crippen MR) is 298 cm³/mol. The summed E-state index contributed by atoms with van der Waals surface area (Å²) in [5, 5.41) is 248. The summed E-state index contributed by atoms with van der Waals surface area (Å²) in [6, 6.07) is -7.07. The van der Waals surface area contributed by atoms with Gasteiger partial charge in [0, 0.05) is 34.1 Å². The lowest BCUT2D eigenvalue weighted by molar-refractivity contribution is -0.389. The van der Waals surface area contributed by atoms with Gasteiger partial charge >= 0.3 is 5.97 Å². The number of carboxylic acid groups (broad SMARTS) is 1. The summed E-state index contributed by atoms with van der Waals surface area (Å²) < 4.78 is 68.9. The Morgan fingerprint density at radius 3 is 1.38 bits per heavy atom. The van der Waals surface area contributed by atoms with Gasteiger partial charge in [-0.05, 0) is 0 Å². The summed E-state index contributed by atoms with van der Waals surface area (Å²) in [6.07, 6.45) is -63.6. The van der Waals surface area contributed by atoms with Crippen LogP contribution in [0, 0.1) is 0 Å². The molecule has 6 rings (SSSR count). The number of hydrogen-bond donors (Lipinski definition) is 26. The van der Waals surface area contributed by atoms with E-state index in [1.54, 1.807) is 0 Å². The second-order valence-corrected chi connectivity index (χ2v) is 23.7. The molecule has 4 amide bonds. The number of carboxylic acids is 1. The summed E-state index contributed by atoms with van der Waals surface area (Å²) in [5.74, 6) is -8.85. The van der Waals surface area contributed by atoms with Gasteiger partial charge in [-0.2, -0.15) is 0 Å². The minimum atomic E-state index is -3.23. The topological polar surface area (TPSA) is 689 Å². The van der Waals surface area contributed by atoms with E-state index in [0.717, 1.165) is 27.7 Å². The van der Waals surface area contributed by atoms with E-state index >= 15 is 0 Å². The van der Waals surface area contributed by atoms with Gasteiger partial charge in [0.05, 0.1) is 71.0 Å². The number of aliphatic hydroxyl groups is 21. The summed E-state index contributed by atoms with van der Waals surface area (Å²) >= 11 is 0. The van der Waals surface area contributed by atoms with E-state index in [1.807, 2.05) is 0 Å². The van der Waals surface area contributed by atoms with Gasteiger partial charge in [-0.1, -0.05) is 0 Å². The van der Waals surface area contributed by atoms with Crippen molar-refractivity contribution in [2.24, 2.45) is 0 Å². The van der Waals surface area contributed by atoms with Gasteiger partial charge in [0.25, 0.3) is 5.79 Å². The first-order valence-electron chi connectivity index (χ1n) is 30.2. The van der Waals surface area contributed by atoms with Crippen LogP contribution in [0.5, 0.6) is 0 Å². The second-order valence-electron chi connectivity index (χ2n) is 23.7. The van der Waals surface area contributed by atoms with Crippen molar-refractivity contribution in [2.75, 3.05) is 52.9 Å². The molecule has 0 unspecified atom stereocenters. The van der Waals surface area contributed by atoms with E-state index in [1.165, 1.54) is 0 Å². The molecule has 35 atom stereocenters. The SMILES string of the molecule is CC(=O)N[C@H]1[C@H](OC[C@@H](O)[C@H](O)[C@H](O[C@@H]2O[C@H](CO)[C@H](O)[C@H](O)[C@H]2O)[C@H](CO)NC(C)=O)O[C@H](CO)[C@@H](O[C@@H]2O[C@H](CO)[C@H](O)[C@H](O[C@@H]3O[C@H](CO)[C@@H](O[C@@H]4O[C@H](CO)[C@H](O)[C@H](O[C@]5(C(=O)O)C[C@H](O)[C@@H](NC(C)=O)[C@H]([C@H](O)[C@H](O)CO)O5)[C@H]4O)[C@H](O)[C@H]3NC(C)=O)[C@H]2O)[C@@H]1O. The van der Waals surface area contributed by atoms with Crippen LogP contribution < -0.4 is 21.3 Å². The third-order valence-electron chi connectivity index (χ3n) is 16.8. The molecule has 0 bridgehead atoms. The van der Waals surface area contributed by atoms with Crippen LogP contribution >= 0.6 is 0 Å². The quantitative estimate of drug-likeness (QED) is 0.0318. The fraction of sp³-hybridized carbons (Fsp3) is 0.906. The van der Waals surface area contributed by atoms with Gasteiger partial charge in [0.2, 0.25) is 23.6 Å². The van der Waals surface area contributed by atoms with Gasteiger partial charge in [-0.15, -0.1) is 0 Å². The minimum absolute atomic E-state index is 0.813. The molecule has 556 valence electrons. The Bertz CT molecular complexity index is 2490. The molecule has 0 aliphatic carbocycles. The molecule has 96 heavy (non-hydrogen) atoms. The lowest BCUT2D eigenvalue weighted by Gasteiger charge is -2.51. The van der Waals surface area contributed by atoms with Crippen LogP contribution in [0.1, 0.15) is 34.1 Å². The number of hydrogen-bond acceptors (Lipinski definition) is 38. The number of ether oxygens (including phenoxy) is 12. The predicted octanol–water partition coefficient (Wildman–Crippen LogP) is -16.9. The van der Waals surface area contributed by atoms with Crippen LogP contribution in [-0.4, -0.2) is 409 Å². The fourth-order valence-corrected chi connectivity index (χ4v) is 11.8. The average molecular weight is 1410 g/mol. The smallest absolute Gasteiger partial charge is 0.364 e. The van der Waals surface area contributed by atoms with Gasteiger partial charge in [-0.25, -0.2) is 4.79 Å². The van der Waals surface area contributed by atoms with Crippen LogP contribution in [0.15, 0.2) is 0 Å². The lowest BCUT2D eigenvalue weighted by atomic mass is 9.88. The summed E-state index contributed by atoms with van der Waals surface area (Å²) in [5.41, 5.74) is 0. The molecule has 6 fully saturated rings. The fourth-order valence-electron chi connectivity index (χ4n) is 11.8. The molecule has 0 aromatic rings. The molecule has 0 radical (unpaired) electrons. The van der Waals surface area contributed by atoms with E-state index < -0.39 is 303 Å². The molecule has 43 nitrogen and oxygen atoms in total. The summed E-state index contributed by atoms with van der Waals surface area (Å²) in [4.78, 5) is 62.8. The molecular formula is C53H90N4O39. The first kappa shape index (κ1) is 81.0. The molecule has 6 aliphatic rings. The Hall–Kier alpha value is -3.97. The largest absolute Gasteiger partial charge is 0.477 e. The highest BCUT2D eigenvalue weighted by atomic mass is 16.8. The van der Waals surface area contributed by atoms with E-state index in [0.29, 0.717) is 0 Å². The first-order valence-corrected chi connectivity index (χ1v) is 30.2. The number of carbonyl (C=O) groups is 5. The highest BCUT2D eigenvalue weighted by Crippen LogP contribution is 2.40. The molecule has 0 aromatic carbocycles. The Labute approximate surface area is 544 Å². The standard InChI is InChI=1S/C53H90N4O39/c1-14(65)54-18(6-58)41(91-49-38(80)37(79)32(74)22(8-60)86-49)31(73)21(71)13-85-47-28(56-16(3)67)35(77)42(25(11-63)89-47)92-50-39(81)45(33(75)23(9-61)87-50)94-48-29(57-17(4)68)36(78)43(26(12-64)90-48)93-51-40(82)46(34(76)24(10-62)88-51)96-53(52(83)84)5-19(69)27(55-15(2)66)44(95-53)30(72)20(70)7-59/h18-51,58-64,69-82H,5-13H2,1-4H3,(H,54,65)(H,55,66)(H,56,67)(H,57,68)(H,83,84)/t18-,19-,20+,21+,22+,23+,24+,25+,26+,27+,28+,29+,30+,31-,32-,33-,34-,35+,36+,37-,38+,39+,40+,41+,42+,43+,44+,45-,46-,47+,48-,49-,50-,51-,53-/m0/s1.